The maximum atomic E-state index is 12.4. The highest BCUT2D eigenvalue weighted by Gasteiger charge is 2.28. The number of likely N-dealkylation sites (tertiary alicyclic amines) is 1. The summed E-state index contributed by atoms with van der Waals surface area (Å²) in [5.41, 5.74) is 0.731. The van der Waals surface area contributed by atoms with E-state index in [0.717, 1.165) is 5.56 Å². The lowest BCUT2D eigenvalue weighted by Crippen LogP contribution is -2.48. The minimum Gasteiger partial charge on any atom is -0.493 e. The zero-order chi connectivity index (χ0) is 19.3. The Morgan fingerprint density at radius 1 is 1.19 bits per heavy atom. The van der Waals surface area contributed by atoms with Crippen LogP contribution in [0.2, 0.25) is 0 Å². The van der Waals surface area contributed by atoms with E-state index in [2.05, 4.69) is 5.32 Å². The molecule has 0 aromatic heterocycles. The van der Waals surface area contributed by atoms with Crippen LogP contribution < -0.4 is 14.8 Å². The number of carboxylic acid groups (broad SMARTS) is 1. The molecule has 1 heterocycles. The summed E-state index contributed by atoms with van der Waals surface area (Å²) in [4.78, 5) is 25.1. The highest BCUT2D eigenvalue weighted by molar-refractivity contribution is 5.75. The van der Waals surface area contributed by atoms with E-state index < -0.39 is 5.97 Å². The summed E-state index contributed by atoms with van der Waals surface area (Å²) < 4.78 is 10.6. The molecule has 0 atom stereocenters. The van der Waals surface area contributed by atoms with E-state index in [9.17, 15) is 9.59 Å². The van der Waals surface area contributed by atoms with Crippen LogP contribution in [0.5, 0.6) is 11.5 Å². The molecule has 0 saturated carbocycles. The molecule has 26 heavy (non-hydrogen) atoms. The van der Waals surface area contributed by atoms with E-state index in [-0.39, 0.29) is 17.4 Å². The number of ether oxygens (including phenoxy) is 2. The third-order valence-electron chi connectivity index (χ3n) is 4.98. The smallest absolute Gasteiger partial charge is 0.317 e. The summed E-state index contributed by atoms with van der Waals surface area (Å²) in [5.74, 6) is 0.194. The van der Waals surface area contributed by atoms with Gasteiger partial charge in [-0.25, -0.2) is 4.79 Å². The molecule has 0 bridgehead atoms. The quantitative estimate of drug-likeness (QED) is 0.810. The van der Waals surface area contributed by atoms with Gasteiger partial charge in [-0.05, 0) is 30.5 Å². The Morgan fingerprint density at radius 2 is 1.81 bits per heavy atom. The standard InChI is InChI=1S/C19H28N2O5/c1-19(2,14-5-6-15(25-3)16(11-14)26-4)12-20-18(24)21-9-7-13(8-10-21)17(22)23/h5-6,11,13H,7-10,12H2,1-4H3,(H,20,24)(H,22,23). The number of carbonyl (C=O) groups excluding carboxylic acids is 1. The van der Waals surface area contributed by atoms with E-state index in [1.54, 1.807) is 19.1 Å². The Labute approximate surface area is 154 Å². The molecular weight excluding hydrogens is 336 g/mol. The Morgan fingerprint density at radius 3 is 2.35 bits per heavy atom. The first-order chi connectivity index (χ1) is 12.3. The van der Waals surface area contributed by atoms with Crippen LogP contribution in [0, 0.1) is 5.92 Å². The maximum Gasteiger partial charge on any atom is 0.317 e. The fraction of sp³-hybridized carbons (Fsp3) is 0.579. The van der Waals surface area contributed by atoms with E-state index in [1.807, 2.05) is 32.0 Å². The zero-order valence-corrected chi connectivity index (χ0v) is 15.9. The number of amides is 2. The van der Waals surface area contributed by atoms with Gasteiger partial charge in [-0.3, -0.25) is 4.79 Å². The van der Waals surface area contributed by atoms with Crippen molar-refractivity contribution in [2.45, 2.75) is 32.1 Å². The van der Waals surface area contributed by atoms with Crippen molar-refractivity contribution in [3.63, 3.8) is 0 Å². The molecule has 1 aliphatic rings. The van der Waals surface area contributed by atoms with Crippen LogP contribution >= 0.6 is 0 Å². The van der Waals surface area contributed by atoms with Crippen LogP contribution in [0.1, 0.15) is 32.3 Å². The highest BCUT2D eigenvalue weighted by atomic mass is 16.5. The van der Waals surface area contributed by atoms with Gasteiger partial charge in [0.05, 0.1) is 20.1 Å². The molecule has 0 aliphatic carbocycles. The Balaban J connectivity index is 1.95. The largest absolute Gasteiger partial charge is 0.493 e. The Bertz CT molecular complexity index is 651. The lowest BCUT2D eigenvalue weighted by atomic mass is 9.84. The average molecular weight is 364 g/mol. The van der Waals surface area contributed by atoms with Gasteiger partial charge in [0, 0.05) is 25.0 Å². The second-order valence-corrected chi connectivity index (χ2v) is 7.21. The minimum absolute atomic E-state index is 0.151. The molecule has 7 nitrogen and oxygen atoms in total. The number of benzene rings is 1. The molecule has 144 valence electrons. The monoisotopic (exact) mass is 364 g/mol. The van der Waals surface area contributed by atoms with Crippen molar-refractivity contribution in [3.05, 3.63) is 23.8 Å². The van der Waals surface area contributed by atoms with Crippen molar-refractivity contribution in [3.8, 4) is 11.5 Å². The number of carbonyl (C=O) groups is 2. The normalized spacial score (nSPS) is 15.5. The lowest BCUT2D eigenvalue weighted by molar-refractivity contribution is -0.143. The highest BCUT2D eigenvalue weighted by Crippen LogP contribution is 2.33. The first-order valence-corrected chi connectivity index (χ1v) is 8.76. The van der Waals surface area contributed by atoms with Crippen LogP contribution in [-0.4, -0.2) is 55.9 Å². The van der Waals surface area contributed by atoms with Crippen LogP contribution in [0.4, 0.5) is 4.79 Å². The minimum atomic E-state index is -0.778. The van der Waals surface area contributed by atoms with Gasteiger partial charge in [0.25, 0.3) is 0 Å². The summed E-state index contributed by atoms with van der Waals surface area (Å²) in [5, 5.41) is 12.0. The average Bonchev–Trinajstić information content (AvgIpc) is 2.65. The van der Waals surface area contributed by atoms with Crippen molar-refractivity contribution >= 4 is 12.0 Å². The molecule has 1 fully saturated rings. The predicted octanol–water partition coefficient (Wildman–Crippen LogP) is 2.49. The molecule has 2 N–H and O–H groups in total. The third kappa shape index (κ3) is 4.59. The van der Waals surface area contributed by atoms with Crippen molar-refractivity contribution in [1.82, 2.24) is 10.2 Å². The summed E-state index contributed by atoms with van der Waals surface area (Å²) in [7, 11) is 3.19. The Hall–Kier alpha value is -2.44. The second kappa shape index (κ2) is 8.29. The van der Waals surface area contributed by atoms with Crippen LogP contribution in [0.25, 0.3) is 0 Å². The molecule has 7 heteroatoms. The maximum absolute atomic E-state index is 12.4. The second-order valence-electron chi connectivity index (χ2n) is 7.21. The fourth-order valence-corrected chi connectivity index (χ4v) is 3.10. The first kappa shape index (κ1) is 19.9. The lowest BCUT2D eigenvalue weighted by Gasteiger charge is -2.32. The molecule has 0 radical (unpaired) electrons. The molecule has 0 spiro atoms. The molecular formula is C19H28N2O5. The van der Waals surface area contributed by atoms with Gasteiger partial charge >= 0.3 is 12.0 Å². The van der Waals surface area contributed by atoms with E-state index >= 15 is 0 Å². The third-order valence-corrected chi connectivity index (χ3v) is 4.98. The zero-order valence-electron chi connectivity index (χ0n) is 15.9. The van der Waals surface area contributed by atoms with Crippen molar-refractivity contribution in [2.24, 2.45) is 5.92 Å². The molecule has 2 amide bonds. The van der Waals surface area contributed by atoms with Crippen LogP contribution in [0.3, 0.4) is 0 Å². The van der Waals surface area contributed by atoms with Crippen LogP contribution in [0.15, 0.2) is 18.2 Å². The van der Waals surface area contributed by atoms with Gasteiger partial charge in [0.1, 0.15) is 0 Å². The van der Waals surface area contributed by atoms with Gasteiger partial charge in [0.2, 0.25) is 0 Å². The number of hydrogen-bond donors (Lipinski definition) is 2. The number of piperidine rings is 1. The van der Waals surface area contributed by atoms with Crippen molar-refractivity contribution in [2.75, 3.05) is 33.9 Å². The van der Waals surface area contributed by atoms with Gasteiger partial charge < -0.3 is 24.8 Å². The number of methoxy groups -OCH3 is 2. The van der Waals surface area contributed by atoms with Crippen molar-refractivity contribution < 1.29 is 24.2 Å². The topological polar surface area (TPSA) is 88.1 Å². The number of aliphatic carboxylic acids is 1. The molecule has 1 aliphatic heterocycles. The van der Waals surface area contributed by atoms with E-state index in [4.69, 9.17) is 14.6 Å². The van der Waals surface area contributed by atoms with Crippen LogP contribution in [-0.2, 0) is 10.2 Å². The van der Waals surface area contributed by atoms with Gasteiger partial charge in [-0.1, -0.05) is 19.9 Å². The fourth-order valence-electron chi connectivity index (χ4n) is 3.10. The van der Waals surface area contributed by atoms with Gasteiger partial charge in [0.15, 0.2) is 11.5 Å². The Kier molecular flexibility index (Phi) is 6.34. The van der Waals surface area contributed by atoms with Crippen molar-refractivity contribution in [1.29, 1.82) is 0 Å². The van der Waals surface area contributed by atoms with Gasteiger partial charge in [-0.15, -0.1) is 0 Å². The molecule has 1 aromatic carbocycles. The number of nitrogens with one attached hydrogen (secondary N) is 1. The first-order valence-electron chi connectivity index (χ1n) is 8.76. The number of carboxylic acids is 1. The summed E-state index contributed by atoms with van der Waals surface area (Å²) in [6, 6.07) is 5.59. The van der Waals surface area contributed by atoms with Gasteiger partial charge in [-0.2, -0.15) is 0 Å². The summed E-state index contributed by atoms with van der Waals surface area (Å²) >= 11 is 0. The number of hydrogen-bond acceptors (Lipinski definition) is 4. The molecule has 2 rings (SSSR count). The molecule has 1 saturated heterocycles. The summed E-state index contributed by atoms with van der Waals surface area (Å²) in [6.45, 7) is 5.50. The van der Waals surface area contributed by atoms with E-state index in [1.165, 1.54) is 0 Å². The van der Waals surface area contributed by atoms with E-state index in [0.29, 0.717) is 44.0 Å². The predicted molar refractivity (Wildman–Crippen MR) is 97.9 cm³/mol. The molecule has 0 unspecified atom stereocenters. The number of nitrogens with zero attached hydrogens (tertiary/aromatic N) is 1. The number of urea groups is 1. The SMILES string of the molecule is COc1ccc(C(C)(C)CNC(=O)N2CCC(C(=O)O)CC2)cc1OC. The molecule has 1 aromatic rings. The number of rotatable bonds is 6. The summed E-state index contributed by atoms with van der Waals surface area (Å²) in [6.07, 6.45) is 1.00.